The molecule has 146 valence electrons. The first kappa shape index (κ1) is 19.6. The van der Waals surface area contributed by atoms with E-state index in [-0.39, 0.29) is 5.91 Å². The Kier molecular flexibility index (Phi) is 5.67. The van der Waals surface area contributed by atoms with Crippen LogP contribution in [0.1, 0.15) is 43.0 Å². The molecule has 0 bridgehead atoms. The average molecular weight is 391 g/mol. The quantitative estimate of drug-likeness (QED) is 0.814. The van der Waals surface area contributed by atoms with Crippen molar-refractivity contribution in [1.82, 2.24) is 19.2 Å². The Labute approximate surface area is 160 Å². The van der Waals surface area contributed by atoms with Crippen LogP contribution in [0.5, 0.6) is 0 Å². The van der Waals surface area contributed by atoms with Gasteiger partial charge in [0, 0.05) is 26.4 Å². The Morgan fingerprint density at radius 2 is 1.93 bits per heavy atom. The van der Waals surface area contributed by atoms with Crippen molar-refractivity contribution in [2.75, 3.05) is 6.54 Å². The summed E-state index contributed by atoms with van der Waals surface area (Å²) >= 11 is 0. The summed E-state index contributed by atoms with van der Waals surface area (Å²) in [5.74, 6) is 0.712. The molecule has 27 heavy (non-hydrogen) atoms. The number of imidazole rings is 1. The summed E-state index contributed by atoms with van der Waals surface area (Å²) in [6.07, 6.45) is 1.86. The first-order chi connectivity index (χ1) is 12.9. The lowest BCUT2D eigenvalue weighted by molar-refractivity contribution is -0.120. The van der Waals surface area contributed by atoms with Crippen molar-refractivity contribution in [2.45, 2.75) is 51.1 Å². The van der Waals surface area contributed by atoms with Crippen molar-refractivity contribution in [3.8, 4) is 0 Å². The molecular formula is C19H26N4O3S. The SMILES string of the molecule is CCC(=O)NCc1nc2c(n1C)CN(S(=O)(=O)c1ccc(CC)cc1)CC2. The highest BCUT2D eigenvalue weighted by Crippen LogP contribution is 2.25. The van der Waals surface area contributed by atoms with E-state index in [9.17, 15) is 13.2 Å². The number of fused-ring (bicyclic) bond motifs is 1. The maximum atomic E-state index is 13.0. The van der Waals surface area contributed by atoms with Crippen LogP contribution < -0.4 is 5.32 Å². The van der Waals surface area contributed by atoms with Gasteiger partial charge in [0.05, 0.1) is 29.4 Å². The molecule has 0 fully saturated rings. The largest absolute Gasteiger partial charge is 0.349 e. The minimum atomic E-state index is -3.54. The zero-order chi connectivity index (χ0) is 19.6. The highest BCUT2D eigenvalue weighted by atomic mass is 32.2. The molecule has 0 atom stereocenters. The summed E-state index contributed by atoms with van der Waals surface area (Å²) in [6.45, 7) is 4.88. The predicted molar refractivity (Wildman–Crippen MR) is 102 cm³/mol. The van der Waals surface area contributed by atoms with E-state index in [4.69, 9.17) is 0 Å². The molecule has 0 aliphatic carbocycles. The van der Waals surface area contributed by atoms with Gasteiger partial charge in [0.1, 0.15) is 5.82 Å². The minimum absolute atomic E-state index is 0.0318. The Hall–Kier alpha value is -2.19. The van der Waals surface area contributed by atoms with Crippen LogP contribution in [-0.2, 0) is 47.8 Å². The molecule has 7 nitrogen and oxygen atoms in total. The molecule has 1 aliphatic rings. The van der Waals surface area contributed by atoms with Gasteiger partial charge in [-0.25, -0.2) is 13.4 Å². The average Bonchev–Trinajstić information content (AvgIpc) is 3.01. The number of sulfonamides is 1. The first-order valence-electron chi connectivity index (χ1n) is 9.26. The highest BCUT2D eigenvalue weighted by molar-refractivity contribution is 7.89. The lowest BCUT2D eigenvalue weighted by atomic mass is 10.2. The Balaban J connectivity index is 1.80. The molecule has 3 rings (SSSR count). The maximum Gasteiger partial charge on any atom is 0.243 e. The molecule has 0 radical (unpaired) electrons. The van der Waals surface area contributed by atoms with Crippen molar-refractivity contribution in [1.29, 1.82) is 0 Å². The van der Waals surface area contributed by atoms with E-state index in [1.165, 1.54) is 4.31 Å². The van der Waals surface area contributed by atoms with Crippen molar-refractivity contribution in [3.05, 3.63) is 47.0 Å². The molecule has 1 aromatic heterocycles. The van der Waals surface area contributed by atoms with Crippen LogP contribution in [0.25, 0.3) is 0 Å². The van der Waals surface area contributed by atoms with E-state index in [1.54, 1.807) is 19.1 Å². The van der Waals surface area contributed by atoms with Crippen molar-refractivity contribution in [3.63, 3.8) is 0 Å². The Bertz CT molecular complexity index is 933. The van der Waals surface area contributed by atoms with Gasteiger partial charge in [0.15, 0.2) is 0 Å². The van der Waals surface area contributed by atoms with Gasteiger partial charge in [-0.2, -0.15) is 4.31 Å². The molecule has 8 heteroatoms. The van der Waals surface area contributed by atoms with Crippen LogP contribution in [-0.4, -0.2) is 34.7 Å². The summed E-state index contributed by atoms with van der Waals surface area (Å²) in [7, 11) is -1.68. The predicted octanol–water partition coefficient (Wildman–Crippen LogP) is 1.76. The zero-order valence-electron chi connectivity index (χ0n) is 16.0. The second-order valence-electron chi connectivity index (χ2n) is 6.70. The van der Waals surface area contributed by atoms with Crippen LogP contribution in [0, 0.1) is 0 Å². The zero-order valence-corrected chi connectivity index (χ0v) is 16.8. The third-order valence-corrected chi connectivity index (χ3v) is 6.91. The van der Waals surface area contributed by atoms with Crippen LogP contribution >= 0.6 is 0 Å². The van der Waals surface area contributed by atoms with E-state index >= 15 is 0 Å². The third-order valence-electron chi connectivity index (χ3n) is 5.05. The molecule has 2 heterocycles. The summed E-state index contributed by atoms with van der Waals surface area (Å²) in [4.78, 5) is 16.4. The fraction of sp³-hybridized carbons (Fsp3) is 0.474. The lowest BCUT2D eigenvalue weighted by Crippen LogP contribution is -2.36. The van der Waals surface area contributed by atoms with E-state index in [0.29, 0.717) is 37.4 Å². The van der Waals surface area contributed by atoms with Crippen molar-refractivity contribution < 1.29 is 13.2 Å². The molecule has 0 spiro atoms. The van der Waals surface area contributed by atoms with Crippen LogP contribution in [0.2, 0.25) is 0 Å². The van der Waals surface area contributed by atoms with Crippen LogP contribution in [0.4, 0.5) is 0 Å². The van der Waals surface area contributed by atoms with Crippen molar-refractivity contribution >= 4 is 15.9 Å². The molecule has 1 aliphatic heterocycles. The number of hydrogen-bond acceptors (Lipinski definition) is 4. The van der Waals surface area contributed by atoms with Gasteiger partial charge >= 0.3 is 0 Å². The fourth-order valence-corrected chi connectivity index (χ4v) is 4.63. The standard InChI is InChI=1S/C19H26N4O3S/c1-4-14-6-8-15(9-7-14)27(25,26)23-11-10-16-17(13-23)22(3)18(21-16)12-20-19(24)5-2/h6-9H,4-5,10-13H2,1-3H3,(H,20,24). The van der Waals surface area contributed by atoms with E-state index in [0.717, 1.165) is 29.2 Å². The Morgan fingerprint density at radius 1 is 1.22 bits per heavy atom. The highest BCUT2D eigenvalue weighted by Gasteiger charge is 2.31. The first-order valence-corrected chi connectivity index (χ1v) is 10.7. The van der Waals surface area contributed by atoms with Crippen LogP contribution in [0.3, 0.4) is 0 Å². The maximum absolute atomic E-state index is 13.0. The topological polar surface area (TPSA) is 84.3 Å². The van der Waals surface area contributed by atoms with Crippen molar-refractivity contribution in [2.24, 2.45) is 7.05 Å². The van der Waals surface area contributed by atoms with E-state index in [2.05, 4.69) is 10.3 Å². The summed E-state index contributed by atoms with van der Waals surface area (Å²) < 4.78 is 29.4. The normalized spacial score (nSPS) is 14.8. The van der Waals surface area contributed by atoms with E-state index < -0.39 is 10.0 Å². The van der Waals surface area contributed by atoms with Gasteiger partial charge in [-0.15, -0.1) is 0 Å². The lowest BCUT2D eigenvalue weighted by Gasteiger charge is -2.26. The number of hydrogen-bond donors (Lipinski definition) is 1. The number of amides is 1. The van der Waals surface area contributed by atoms with Gasteiger partial charge in [0.2, 0.25) is 15.9 Å². The summed E-state index contributed by atoms with van der Waals surface area (Å²) in [5, 5.41) is 2.82. The number of rotatable bonds is 6. The van der Waals surface area contributed by atoms with Gasteiger partial charge in [0.25, 0.3) is 0 Å². The smallest absolute Gasteiger partial charge is 0.243 e. The Morgan fingerprint density at radius 3 is 2.56 bits per heavy atom. The monoisotopic (exact) mass is 390 g/mol. The number of carbonyl (C=O) groups excluding carboxylic acids is 1. The molecule has 0 saturated carbocycles. The second-order valence-corrected chi connectivity index (χ2v) is 8.63. The number of aromatic nitrogens is 2. The van der Waals surface area contributed by atoms with E-state index in [1.807, 2.05) is 30.7 Å². The number of benzene rings is 1. The summed E-state index contributed by atoms with van der Waals surface area (Å²) in [5.41, 5.74) is 2.90. The molecule has 1 N–H and O–H groups in total. The number of aryl methyl sites for hydroxylation is 1. The summed E-state index contributed by atoms with van der Waals surface area (Å²) in [6, 6.07) is 7.08. The second kappa shape index (κ2) is 7.82. The molecule has 0 unspecified atom stereocenters. The van der Waals surface area contributed by atoms with Gasteiger partial charge in [-0.3, -0.25) is 4.79 Å². The van der Waals surface area contributed by atoms with Gasteiger partial charge in [-0.05, 0) is 24.1 Å². The number of nitrogens with zero attached hydrogens (tertiary/aromatic N) is 3. The number of carbonyl (C=O) groups is 1. The molecule has 2 aromatic rings. The molecule has 0 saturated heterocycles. The molecular weight excluding hydrogens is 364 g/mol. The molecule has 1 aromatic carbocycles. The van der Waals surface area contributed by atoms with Gasteiger partial charge in [-0.1, -0.05) is 26.0 Å². The molecule has 1 amide bonds. The number of nitrogens with one attached hydrogen (secondary N) is 1. The fourth-order valence-electron chi connectivity index (χ4n) is 3.23. The van der Waals surface area contributed by atoms with Gasteiger partial charge < -0.3 is 9.88 Å². The third kappa shape index (κ3) is 3.91. The minimum Gasteiger partial charge on any atom is -0.349 e. The van der Waals surface area contributed by atoms with Crippen LogP contribution in [0.15, 0.2) is 29.2 Å².